The second-order valence-electron chi connectivity index (χ2n) is 8.99. The van der Waals surface area contributed by atoms with Crippen molar-refractivity contribution in [3.8, 4) is 12.3 Å². The minimum absolute atomic E-state index is 0.123. The molecule has 8 atom stereocenters. The minimum Gasteiger partial charge on any atom is -0.393 e. The molecule has 2 heteroatoms. The summed E-state index contributed by atoms with van der Waals surface area (Å²) < 4.78 is 0. The molecule has 2 N–H and O–H groups in total. The largest absolute Gasteiger partial charge is 0.393 e. The SMILES string of the molecule is C#C[C@@]1(O)[C@@H](C)CC2C3CC=C4C[C@@H](O)CC[C@@H]4C3CC[C@@]21C. The standard InChI is InChI=1S/C21H30O2/c1-4-21(23)13(2)11-19-18-7-5-14-12-15(22)6-8-16(14)17(18)9-10-20(19,21)3/h1,5,13,15-19,22-23H,6-12H2,2-3H3/t13-,15-,16-,17?,18?,19?,20-,21+/m0/s1. The third kappa shape index (κ3) is 1.96. The van der Waals surface area contributed by atoms with Gasteiger partial charge in [0.1, 0.15) is 5.60 Å². The van der Waals surface area contributed by atoms with Gasteiger partial charge in [-0.2, -0.15) is 0 Å². The summed E-state index contributed by atoms with van der Waals surface area (Å²) in [5.41, 5.74) is 0.462. The average Bonchev–Trinajstić information content (AvgIpc) is 2.75. The number of aliphatic hydroxyl groups excluding tert-OH is 1. The van der Waals surface area contributed by atoms with Gasteiger partial charge >= 0.3 is 0 Å². The normalized spacial score (nSPS) is 55.2. The predicted octanol–water partition coefficient (Wildman–Crippen LogP) is 3.53. The molecule has 0 spiro atoms. The van der Waals surface area contributed by atoms with E-state index in [1.54, 1.807) is 0 Å². The number of aliphatic hydroxyl groups is 2. The Balaban J connectivity index is 1.67. The topological polar surface area (TPSA) is 40.5 Å². The minimum atomic E-state index is -0.935. The molecule has 0 heterocycles. The lowest BCUT2D eigenvalue weighted by molar-refractivity contribution is -0.0925. The van der Waals surface area contributed by atoms with E-state index >= 15 is 0 Å². The van der Waals surface area contributed by atoms with E-state index < -0.39 is 5.60 Å². The molecule has 126 valence electrons. The van der Waals surface area contributed by atoms with E-state index in [1.165, 1.54) is 12.0 Å². The van der Waals surface area contributed by atoms with Crippen LogP contribution in [-0.4, -0.2) is 21.9 Å². The third-order valence-corrected chi connectivity index (χ3v) is 8.22. The Morgan fingerprint density at radius 3 is 2.78 bits per heavy atom. The second-order valence-corrected chi connectivity index (χ2v) is 8.99. The number of terminal acetylenes is 1. The summed E-state index contributed by atoms with van der Waals surface area (Å²) >= 11 is 0. The molecular weight excluding hydrogens is 284 g/mol. The van der Waals surface area contributed by atoms with Crippen molar-refractivity contribution in [2.24, 2.45) is 35.0 Å². The van der Waals surface area contributed by atoms with E-state index in [2.05, 4.69) is 25.8 Å². The second kappa shape index (κ2) is 5.11. The molecule has 0 saturated heterocycles. The van der Waals surface area contributed by atoms with Crippen LogP contribution in [0, 0.1) is 47.3 Å². The molecule has 4 aliphatic carbocycles. The van der Waals surface area contributed by atoms with Crippen molar-refractivity contribution < 1.29 is 10.2 Å². The monoisotopic (exact) mass is 314 g/mol. The van der Waals surface area contributed by atoms with Crippen LogP contribution in [-0.2, 0) is 0 Å². The zero-order valence-corrected chi connectivity index (χ0v) is 14.5. The first-order chi connectivity index (χ1) is 10.9. The molecule has 0 aromatic rings. The van der Waals surface area contributed by atoms with Gasteiger partial charge in [-0.3, -0.25) is 0 Å². The molecule has 0 aromatic carbocycles. The molecule has 0 aromatic heterocycles. The highest BCUT2D eigenvalue weighted by atomic mass is 16.3. The maximum Gasteiger partial charge on any atom is 0.133 e. The Morgan fingerprint density at radius 1 is 1.26 bits per heavy atom. The maximum absolute atomic E-state index is 11.2. The van der Waals surface area contributed by atoms with E-state index in [0.717, 1.165) is 44.4 Å². The molecule has 3 fully saturated rings. The van der Waals surface area contributed by atoms with Crippen molar-refractivity contribution in [2.45, 2.75) is 70.5 Å². The van der Waals surface area contributed by atoms with Crippen LogP contribution < -0.4 is 0 Å². The number of hydrogen-bond donors (Lipinski definition) is 2. The summed E-state index contributed by atoms with van der Waals surface area (Å²) in [6.07, 6.45) is 15.5. The van der Waals surface area contributed by atoms with Crippen molar-refractivity contribution in [2.75, 3.05) is 0 Å². The van der Waals surface area contributed by atoms with E-state index in [0.29, 0.717) is 17.8 Å². The van der Waals surface area contributed by atoms with Crippen molar-refractivity contribution in [3.05, 3.63) is 11.6 Å². The zero-order valence-electron chi connectivity index (χ0n) is 14.5. The molecule has 4 aliphatic rings. The van der Waals surface area contributed by atoms with Gasteiger partial charge in [-0.1, -0.05) is 31.4 Å². The van der Waals surface area contributed by atoms with E-state index in [9.17, 15) is 10.2 Å². The van der Waals surface area contributed by atoms with Gasteiger partial charge in [-0.05, 0) is 74.5 Å². The Kier molecular flexibility index (Phi) is 3.49. The Morgan fingerprint density at radius 2 is 2.04 bits per heavy atom. The van der Waals surface area contributed by atoms with Gasteiger partial charge in [0.15, 0.2) is 0 Å². The summed E-state index contributed by atoms with van der Waals surface area (Å²) in [7, 11) is 0. The molecule has 0 bridgehead atoms. The lowest BCUT2D eigenvalue weighted by Crippen LogP contribution is -2.53. The highest BCUT2D eigenvalue weighted by molar-refractivity contribution is 5.27. The van der Waals surface area contributed by atoms with Crippen molar-refractivity contribution in [1.29, 1.82) is 0 Å². The van der Waals surface area contributed by atoms with Crippen LogP contribution in [0.2, 0.25) is 0 Å². The molecule has 0 aliphatic heterocycles. The van der Waals surface area contributed by atoms with Crippen LogP contribution >= 0.6 is 0 Å². The number of fused-ring (bicyclic) bond motifs is 5. The quantitative estimate of drug-likeness (QED) is 0.530. The summed E-state index contributed by atoms with van der Waals surface area (Å²) in [4.78, 5) is 0. The fraction of sp³-hybridized carbons (Fsp3) is 0.810. The van der Waals surface area contributed by atoms with E-state index in [4.69, 9.17) is 6.42 Å². The molecule has 23 heavy (non-hydrogen) atoms. The maximum atomic E-state index is 11.2. The van der Waals surface area contributed by atoms with Gasteiger partial charge in [-0.25, -0.2) is 0 Å². The third-order valence-electron chi connectivity index (χ3n) is 8.22. The predicted molar refractivity (Wildman–Crippen MR) is 91.4 cm³/mol. The van der Waals surface area contributed by atoms with Crippen LogP contribution in [0.4, 0.5) is 0 Å². The highest BCUT2D eigenvalue weighted by Crippen LogP contribution is 2.65. The lowest BCUT2D eigenvalue weighted by Gasteiger charge is -2.54. The van der Waals surface area contributed by atoms with E-state index in [1.807, 2.05) is 0 Å². The van der Waals surface area contributed by atoms with Gasteiger partial charge in [0, 0.05) is 5.41 Å². The molecule has 0 radical (unpaired) electrons. The summed E-state index contributed by atoms with van der Waals surface area (Å²) in [5, 5.41) is 21.2. The molecule has 0 amide bonds. The average molecular weight is 314 g/mol. The Hall–Kier alpha value is -0.780. The van der Waals surface area contributed by atoms with Gasteiger partial charge in [0.25, 0.3) is 0 Å². The van der Waals surface area contributed by atoms with Crippen LogP contribution in [0.5, 0.6) is 0 Å². The fourth-order valence-electron chi connectivity index (χ4n) is 6.90. The van der Waals surface area contributed by atoms with Crippen LogP contribution in [0.15, 0.2) is 11.6 Å². The van der Waals surface area contributed by atoms with E-state index in [-0.39, 0.29) is 17.4 Å². The first-order valence-corrected chi connectivity index (χ1v) is 9.48. The van der Waals surface area contributed by atoms with Crippen LogP contribution in [0.1, 0.15) is 58.8 Å². The van der Waals surface area contributed by atoms with Crippen molar-refractivity contribution in [3.63, 3.8) is 0 Å². The number of rotatable bonds is 0. The number of hydrogen-bond acceptors (Lipinski definition) is 2. The van der Waals surface area contributed by atoms with Gasteiger partial charge in [0.05, 0.1) is 6.10 Å². The summed E-state index contributed by atoms with van der Waals surface area (Å²) in [6.45, 7) is 4.39. The molecule has 3 unspecified atom stereocenters. The molecular formula is C21H30O2. The van der Waals surface area contributed by atoms with Gasteiger partial charge < -0.3 is 10.2 Å². The molecule has 2 nitrogen and oxygen atoms in total. The zero-order chi connectivity index (χ0) is 16.4. The Bertz CT molecular complexity index is 573. The molecule has 4 rings (SSSR count). The first-order valence-electron chi connectivity index (χ1n) is 9.48. The summed E-state index contributed by atoms with van der Waals surface area (Å²) in [6, 6.07) is 0. The van der Waals surface area contributed by atoms with Crippen molar-refractivity contribution >= 4 is 0 Å². The molecule has 3 saturated carbocycles. The first kappa shape index (κ1) is 15.7. The lowest BCUT2D eigenvalue weighted by atomic mass is 9.51. The van der Waals surface area contributed by atoms with Gasteiger partial charge in [-0.15, -0.1) is 6.42 Å². The summed E-state index contributed by atoms with van der Waals surface area (Å²) in [5.74, 6) is 5.62. The number of allylic oxidation sites excluding steroid dienone is 1. The van der Waals surface area contributed by atoms with Crippen LogP contribution in [0.3, 0.4) is 0 Å². The Labute approximate surface area is 140 Å². The van der Waals surface area contributed by atoms with Crippen molar-refractivity contribution in [1.82, 2.24) is 0 Å². The van der Waals surface area contributed by atoms with Gasteiger partial charge in [0.2, 0.25) is 0 Å². The van der Waals surface area contributed by atoms with Crippen LogP contribution in [0.25, 0.3) is 0 Å². The highest BCUT2D eigenvalue weighted by Gasteiger charge is 2.64. The smallest absolute Gasteiger partial charge is 0.133 e. The fourth-order valence-corrected chi connectivity index (χ4v) is 6.90.